The molecule has 0 aliphatic carbocycles. The molecule has 0 saturated carbocycles. The molecule has 1 rings (SSSR count). The van der Waals surface area contributed by atoms with Crippen LogP contribution in [-0.2, 0) is 0 Å². The van der Waals surface area contributed by atoms with E-state index in [9.17, 15) is 0 Å². The lowest BCUT2D eigenvalue weighted by Gasteiger charge is -2.56. The Morgan fingerprint density at radius 2 is 1.32 bits per heavy atom. The van der Waals surface area contributed by atoms with Gasteiger partial charge in [0.2, 0.25) is 0 Å². The molecule has 0 bridgehead atoms. The lowest BCUT2D eigenvalue weighted by atomic mass is 9.83. The second-order valence-electron chi connectivity index (χ2n) is 7.60. The van der Waals surface area contributed by atoms with Crippen molar-refractivity contribution in [3.05, 3.63) is 0 Å². The van der Waals surface area contributed by atoms with Crippen LogP contribution in [-0.4, -0.2) is 32.5 Å². The fourth-order valence-corrected chi connectivity index (χ4v) is 7.85. The van der Waals surface area contributed by atoms with E-state index in [-0.39, 0.29) is 11.1 Å². The number of nitrogens with zero attached hydrogens (tertiary/aromatic N) is 2. The van der Waals surface area contributed by atoms with Crippen LogP contribution in [0.2, 0.25) is 0 Å². The molecule has 0 aromatic heterocycles. The first-order valence-corrected chi connectivity index (χ1v) is 9.70. The molecule has 114 valence electrons. The van der Waals surface area contributed by atoms with E-state index < -0.39 is 7.58 Å². The summed E-state index contributed by atoms with van der Waals surface area (Å²) >= 11 is 7.00. The average Bonchev–Trinajstić information content (AvgIpc) is 2.11. The predicted molar refractivity (Wildman–Crippen MR) is 88.7 cm³/mol. The highest BCUT2D eigenvalue weighted by Crippen LogP contribution is 2.61. The van der Waals surface area contributed by atoms with E-state index in [1.807, 2.05) is 0 Å². The maximum atomic E-state index is 7.00. The SMILES string of the molecule is CC(C)N(C(C)C)[P@@](Cl)N1C(C)(C)CCCC1(C)C. The van der Waals surface area contributed by atoms with Crippen molar-refractivity contribution in [1.29, 1.82) is 0 Å². The second kappa shape index (κ2) is 6.18. The first kappa shape index (κ1) is 17.7. The van der Waals surface area contributed by atoms with E-state index in [2.05, 4.69) is 64.7 Å². The van der Waals surface area contributed by atoms with Gasteiger partial charge < -0.3 is 0 Å². The molecule has 0 aromatic carbocycles. The average molecular weight is 307 g/mol. The molecule has 0 amide bonds. The molecule has 2 nitrogen and oxygen atoms in total. The molecule has 1 saturated heterocycles. The molecule has 1 aliphatic heterocycles. The predicted octanol–water partition coefficient (Wildman–Crippen LogP) is 5.61. The number of hydrogen-bond donors (Lipinski definition) is 0. The van der Waals surface area contributed by atoms with Crippen LogP contribution < -0.4 is 0 Å². The highest BCUT2D eigenvalue weighted by molar-refractivity contribution is 7.80. The zero-order valence-corrected chi connectivity index (χ0v) is 15.6. The van der Waals surface area contributed by atoms with Crippen molar-refractivity contribution in [1.82, 2.24) is 9.34 Å². The Labute approximate surface area is 126 Å². The first-order chi connectivity index (χ1) is 8.50. The zero-order valence-electron chi connectivity index (χ0n) is 14.0. The van der Waals surface area contributed by atoms with Gasteiger partial charge >= 0.3 is 0 Å². The third kappa shape index (κ3) is 3.84. The van der Waals surface area contributed by atoms with Crippen LogP contribution in [0.1, 0.15) is 74.7 Å². The minimum atomic E-state index is -0.778. The number of rotatable bonds is 4. The van der Waals surface area contributed by atoms with Gasteiger partial charge in [-0.15, -0.1) is 0 Å². The maximum Gasteiger partial charge on any atom is 0.141 e. The topological polar surface area (TPSA) is 6.48 Å². The standard InChI is InChI=1S/C15H32ClN2P/c1-12(2)17(13(3)4)19(16)18-14(5,6)10-9-11-15(18,7)8/h12-13H,9-11H2,1-8H3/t19-/m1/s1. The van der Waals surface area contributed by atoms with E-state index in [0.717, 1.165) is 0 Å². The summed E-state index contributed by atoms with van der Waals surface area (Å²) in [5.41, 5.74) is 0.383. The molecule has 1 aliphatic rings. The van der Waals surface area contributed by atoms with Crippen LogP contribution in [0, 0.1) is 0 Å². The summed E-state index contributed by atoms with van der Waals surface area (Å²) < 4.78 is 5.08. The van der Waals surface area contributed by atoms with E-state index in [4.69, 9.17) is 11.2 Å². The normalized spacial score (nSPS) is 25.3. The zero-order chi connectivity index (χ0) is 15.0. The monoisotopic (exact) mass is 306 g/mol. The largest absolute Gasteiger partial charge is 0.252 e. The van der Waals surface area contributed by atoms with Gasteiger partial charge in [0.05, 0.1) is 0 Å². The molecule has 0 N–H and O–H groups in total. The molecule has 0 unspecified atom stereocenters. The van der Waals surface area contributed by atoms with Gasteiger partial charge in [0, 0.05) is 23.2 Å². The Kier molecular flexibility index (Phi) is 5.75. The van der Waals surface area contributed by atoms with Gasteiger partial charge in [0.25, 0.3) is 0 Å². The Hall–Kier alpha value is 0.640. The van der Waals surface area contributed by atoms with Gasteiger partial charge in [-0.25, -0.2) is 4.67 Å². The lowest BCUT2D eigenvalue weighted by Crippen LogP contribution is -2.57. The fourth-order valence-electron chi connectivity index (χ4n) is 3.51. The molecule has 0 spiro atoms. The Balaban J connectivity index is 3.08. The van der Waals surface area contributed by atoms with Gasteiger partial charge in [-0.2, -0.15) is 0 Å². The Bertz CT molecular complexity index is 279. The van der Waals surface area contributed by atoms with E-state index >= 15 is 0 Å². The summed E-state index contributed by atoms with van der Waals surface area (Å²) in [6, 6.07) is 0.967. The molecule has 1 atom stereocenters. The summed E-state index contributed by atoms with van der Waals surface area (Å²) in [6.07, 6.45) is 3.79. The quantitative estimate of drug-likeness (QED) is 0.622. The first-order valence-electron chi connectivity index (χ1n) is 7.55. The third-order valence-corrected chi connectivity index (χ3v) is 7.83. The van der Waals surface area contributed by atoms with Gasteiger partial charge in [-0.3, -0.25) is 4.67 Å². The summed E-state index contributed by atoms with van der Waals surface area (Å²) in [4.78, 5) is 0. The smallest absolute Gasteiger partial charge is 0.141 e. The van der Waals surface area contributed by atoms with Gasteiger partial charge in [0.1, 0.15) is 7.58 Å². The van der Waals surface area contributed by atoms with Gasteiger partial charge in [0.15, 0.2) is 0 Å². The summed E-state index contributed by atoms with van der Waals surface area (Å²) in [7, 11) is -0.778. The van der Waals surface area contributed by atoms with Crippen LogP contribution in [0.3, 0.4) is 0 Å². The molecule has 19 heavy (non-hydrogen) atoms. The molecular formula is C15H32ClN2P. The third-order valence-electron chi connectivity index (χ3n) is 4.14. The highest BCUT2D eigenvalue weighted by atomic mass is 35.7. The highest BCUT2D eigenvalue weighted by Gasteiger charge is 2.47. The van der Waals surface area contributed by atoms with E-state index in [0.29, 0.717) is 12.1 Å². The van der Waals surface area contributed by atoms with Gasteiger partial charge in [-0.1, -0.05) is 11.2 Å². The molecule has 0 radical (unpaired) electrons. The summed E-state index contributed by atoms with van der Waals surface area (Å²) in [6.45, 7) is 18.4. The Morgan fingerprint density at radius 3 is 1.63 bits per heavy atom. The van der Waals surface area contributed by atoms with Gasteiger partial charge in [-0.05, 0) is 74.7 Å². The molecule has 4 heteroatoms. The van der Waals surface area contributed by atoms with Crippen molar-refractivity contribution in [2.24, 2.45) is 0 Å². The van der Waals surface area contributed by atoms with Crippen LogP contribution >= 0.6 is 18.8 Å². The molecule has 1 fully saturated rings. The Morgan fingerprint density at radius 1 is 0.947 bits per heavy atom. The van der Waals surface area contributed by atoms with Crippen molar-refractivity contribution >= 4 is 18.8 Å². The fraction of sp³-hybridized carbons (Fsp3) is 1.00. The van der Waals surface area contributed by atoms with Crippen molar-refractivity contribution in [3.8, 4) is 0 Å². The number of halogens is 1. The van der Waals surface area contributed by atoms with Crippen LogP contribution in [0.15, 0.2) is 0 Å². The van der Waals surface area contributed by atoms with Crippen LogP contribution in [0.5, 0.6) is 0 Å². The molecular weight excluding hydrogens is 275 g/mol. The van der Waals surface area contributed by atoms with Crippen LogP contribution in [0.4, 0.5) is 0 Å². The molecule has 0 aromatic rings. The summed E-state index contributed by atoms with van der Waals surface area (Å²) in [5.74, 6) is 0. The van der Waals surface area contributed by atoms with Crippen molar-refractivity contribution in [2.75, 3.05) is 0 Å². The van der Waals surface area contributed by atoms with Crippen molar-refractivity contribution < 1.29 is 0 Å². The number of hydrogen-bond acceptors (Lipinski definition) is 2. The van der Waals surface area contributed by atoms with E-state index in [1.165, 1.54) is 19.3 Å². The maximum absolute atomic E-state index is 7.00. The number of piperidine rings is 1. The lowest BCUT2D eigenvalue weighted by molar-refractivity contribution is 0.0539. The van der Waals surface area contributed by atoms with E-state index in [1.54, 1.807) is 0 Å². The summed E-state index contributed by atoms with van der Waals surface area (Å²) in [5, 5.41) is 0. The van der Waals surface area contributed by atoms with Crippen molar-refractivity contribution in [3.63, 3.8) is 0 Å². The minimum absolute atomic E-state index is 0.192. The van der Waals surface area contributed by atoms with Crippen molar-refractivity contribution in [2.45, 2.75) is 97.8 Å². The molecule has 1 heterocycles. The van der Waals surface area contributed by atoms with Crippen LogP contribution in [0.25, 0.3) is 0 Å². The second-order valence-corrected chi connectivity index (χ2v) is 9.85. The minimum Gasteiger partial charge on any atom is -0.252 e.